The number of pyridine rings is 1. The summed E-state index contributed by atoms with van der Waals surface area (Å²) in [5, 5.41) is 0.680. The fourth-order valence-corrected chi connectivity index (χ4v) is 3.04. The molecule has 0 bridgehead atoms. The fourth-order valence-electron chi connectivity index (χ4n) is 2.15. The van der Waals surface area contributed by atoms with Gasteiger partial charge in [0.05, 0.1) is 24.1 Å². The van der Waals surface area contributed by atoms with Crippen LogP contribution in [0.1, 0.15) is 16.1 Å². The van der Waals surface area contributed by atoms with Gasteiger partial charge in [0.1, 0.15) is 0 Å². The third-order valence-electron chi connectivity index (χ3n) is 2.97. The number of aromatic nitrogens is 2. The third-order valence-corrected chi connectivity index (χ3v) is 3.89. The maximum Gasteiger partial charge on any atom is 0.180 e. The minimum absolute atomic E-state index is 0.680. The molecule has 88 valence electrons. The zero-order valence-electron chi connectivity index (χ0n) is 9.68. The van der Waals surface area contributed by atoms with Gasteiger partial charge in [0, 0.05) is 24.0 Å². The van der Waals surface area contributed by atoms with Gasteiger partial charge in [-0.2, -0.15) is 0 Å². The molecule has 3 heterocycles. The van der Waals surface area contributed by atoms with Crippen molar-refractivity contribution in [1.29, 1.82) is 0 Å². The molecule has 0 fully saturated rings. The first-order valence-corrected chi connectivity index (χ1v) is 6.44. The fraction of sp³-hybridized carbons (Fsp3) is 0.333. The van der Waals surface area contributed by atoms with E-state index in [1.54, 1.807) is 11.3 Å². The highest BCUT2D eigenvalue weighted by atomic mass is 32.1. The van der Waals surface area contributed by atoms with Crippen molar-refractivity contribution in [2.24, 2.45) is 0 Å². The maximum absolute atomic E-state index is 5.74. The summed E-state index contributed by atoms with van der Waals surface area (Å²) >= 11 is 1.60. The van der Waals surface area contributed by atoms with Gasteiger partial charge in [-0.1, -0.05) is 0 Å². The number of nitrogen functional groups attached to an aromatic ring is 1. The summed E-state index contributed by atoms with van der Waals surface area (Å²) in [4.78, 5) is 12.2. The zero-order valence-corrected chi connectivity index (χ0v) is 10.5. The standard InChI is InChI=1S/C12H14N4S/c1-8-4-9(6-14-5-8)16-3-2-10-11(7-16)17-12(13)15-10/h4-6H,2-3,7H2,1H3,(H2,13,15). The SMILES string of the molecule is Cc1cncc(N2CCc3nc(N)sc3C2)c1. The summed E-state index contributed by atoms with van der Waals surface area (Å²) in [7, 11) is 0. The molecule has 5 heteroatoms. The van der Waals surface area contributed by atoms with E-state index in [1.165, 1.54) is 21.8 Å². The normalized spacial score (nSPS) is 14.8. The van der Waals surface area contributed by atoms with Crippen LogP contribution in [0.2, 0.25) is 0 Å². The van der Waals surface area contributed by atoms with Crippen LogP contribution in [0.5, 0.6) is 0 Å². The van der Waals surface area contributed by atoms with Gasteiger partial charge in [0.2, 0.25) is 0 Å². The average molecular weight is 246 g/mol. The smallest absolute Gasteiger partial charge is 0.180 e. The Morgan fingerprint density at radius 2 is 2.29 bits per heavy atom. The van der Waals surface area contributed by atoms with Crippen LogP contribution in [0.4, 0.5) is 10.8 Å². The predicted molar refractivity (Wildman–Crippen MR) is 70.3 cm³/mol. The van der Waals surface area contributed by atoms with Gasteiger partial charge in [-0.3, -0.25) is 4.98 Å². The molecule has 1 aliphatic heterocycles. The van der Waals surface area contributed by atoms with Crippen molar-refractivity contribution in [1.82, 2.24) is 9.97 Å². The first kappa shape index (κ1) is 10.5. The van der Waals surface area contributed by atoms with Crippen molar-refractivity contribution in [2.45, 2.75) is 19.9 Å². The van der Waals surface area contributed by atoms with Gasteiger partial charge in [0.25, 0.3) is 0 Å². The lowest BCUT2D eigenvalue weighted by atomic mass is 10.1. The zero-order chi connectivity index (χ0) is 11.8. The number of nitrogens with zero attached hydrogens (tertiary/aromatic N) is 3. The minimum atomic E-state index is 0.680. The van der Waals surface area contributed by atoms with Crippen LogP contribution in [0, 0.1) is 6.92 Å². The van der Waals surface area contributed by atoms with E-state index in [2.05, 4.69) is 27.9 Å². The minimum Gasteiger partial charge on any atom is -0.375 e. The van der Waals surface area contributed by atoms with Gasteiger partial charge in [0.15, 0.2) is 5.13 Å². The molecule has 4 nitrogen and oxygen atoms in total. The molecular weight excluding hydrogens is 232 g/mol. The Morgan fingerprint density at radius 1 is 1.41 bits per heavy atom. The molecule has 0 atom stereocenters. The molecule has 17 heavy (non-hydrogen) atoms. The summed E-state index contributed by atoms with van der Waals surface area (Å²) in [5.41, 5.74) is 9.29. The Morgan fingerprint density at radius 3 is 3.12 bits per heavy atom. The van der Waals surface area contributed by atoms with E-state index in [9.17, 15) is 0 Å². The second-order valence-corrected chi connectivity index (χ2v) is 5.43. The second-order valence-electron chi connectivity index (χ2n) is 4.31. The number of nitrogens with two attached hydrogens (primary N) is 1. The number of aryl methyl sites for hydroxylation is 1. The predicted octanol–water partition coefficient (Wildman–Crippen LogP) is 1.99. The van der Waals surface area contributed by atoms with Crippen molar-refractivity contribution in [2.75, 3.05) is 17.2 Å². The number of thiazole rings is 1. The van der Waals surface area contributed by atoms with E-state index in [-0.39, 0.29) is 0 Å². The van der Waals surface area contributed by atoms with Crippen LogP contribution in [-0.2, 0) is 13.0 Å². The van der Waals surface area contributed by atoms with Gasteiger partial charge >= 0.3 is 0 Å². The Balaban J connectivity index is 1.88. The number of rotatable bonds is 1. The van der Waals surface area contributed by atoms with Crippen LogP contribution in [0.3, 0.4) is 0 Å². The lowest BCUT2D eigenvalue weighted by Crippen LogP contribution is -2.29. The monoisotopic (exact) mass is 246 g/mol. The Kier molecular flexibility index (Phi) is 2.48. The summed E-state index contributed by atoms with van der Waals surface area (Å²) in [6.07, 6.45) is 4.77. The molecule has 0 saturated carbocycles. The summed E-state index contributed by atoms with van der Waals surface area (Å²) < 4.78 is 0. The first-order valence-electron chi connectivity index (χ1n) is 5.63. The van der Waals surface area contributed by atoms with Gasteiger partial charge in [-0.15, -0.1) is 11.3 Å². The number of fused-ring (bicyclic) bond motifs is 1. The lowest BCUT2D eigenvalue weighted by Gasteiger charge is -2.27. The molecule has 2 N–H and O–H groups in total. The highest BCUT2D eigenvalue weighted by molar-refractivity contribution is 7.15. The molecule has 0 amide bonds. The highest BCUT2D eigenvalue weighted by Crippen LogP contribution is 2.29. The molecule has 0 aromatic carbocycles. The Labute approximate surface area is 104 Å². The molecule has 0 spiro atoms. The van der Waals surface area contributed by atoms with E-state index in [1.807, 2.05) is 12.4 Å². The van der Waals surface area contributed by atoms with E-state index < -0.39 is 0 Å². The molecule has 3 rings (SSSR count). The summed E-state index contributed by atoms with van der Waals surface area (Å²) in [6.45, 7) is 3.95. The quantitative estimate of drug-likeness (QED) is 0.836. The van der Waals surface area contributed by atoms with Crippen LogP contribution in [0.15, 0.2) is 18.5 Å². The van der Waals surface area contributed by atoms with E-state index in [4.69, 9.17) is 5.73 Å². The van der Waals surface area contributed by atoms with E-state index >= 15 is 0 Å². The van der Waals surface area contributed by atoms with Crippen molar-refractivity contribution in [3.05, 3.63) is 34.6 Å². The highest BCUT2D eigenvalue weighted by Gasteiger charge is 2.20. The molecular formula is C12H14N4S. The van der Waals surface area contributed by atoms with Crippen molar-refractivity contribution < 1.29 is 0 Å². The second kappa shape index (κ2) is 4.00. The maximum atomic E-state index is 5.74. The van der Waals surface area contributed by atoms with E-state index in [0.717, 1.165) is 19.5 Å². The van der Waals surface area contributed by atoms with Crippen LogP contribution < -0.4 is 10.6 Å². The van der Waals surface area contributed by atoms with Crippen LogP contribution in [-0.4, -0.2) is 16.5 Å². The third kappa shape index (κ3) is 1.98. The van der Waals surface area contributed by atoms with Gasteiger partial charge < -0.3 is 10.6 Å². The number of hydrogen-bond acceptors (Lipinski definition) is 5. The molecule has 0 radical (unpaired) electrons. The molecule has 2 aromatic rings. The van der Waals surface area contributed by atoms with Gasteiger partial charge in [-0.05, 0) is 18.6 Å². The molecule has 0 aliphatic carbocycles. The molecule has 2 aromatic heterocycles. The molecule has 0 saturated heterocycles. The summed E-state index contributed by atoms with van der Waals surface area (Å²) in [6, 6.07) is 2.17. The lowest BCUT2D eigenvalue weighted by molar-refractivity contribution is 0.727. The Bertz CT molecular complexity index is 549. The summed E-state index contributed by atoms with van der Waals surface area (Å²) in [5.74, 6) is 0. The van der Waals surface area contributed by atoms with E-state index in [0.29, 0.717) is 5.13 Å². The number of anilines is 2. The topological polar surface area (TPSA) is 55.0 Å². The van der Waals surface area contributed by atoms with Crippen molar-refractivity contribution in [3.63, 3.8) is 0 Å². The molecule has 0 unspecified atom stereocenters. The average Bonchev–Trinajstić information content (AvgIpc) is 2.68. The van der Waals surface area contributed by atoms with Crippen molar-refractivity contribution >= 4 is 22.2 Å². The van der Waals surface area contributed by atoms with Crippen molar-refractivity contribution in [3.8, 4) is 0 Å². The Hall–Kier alpha value is -1.62. The first-order chi connectivity index (χ1) is 8.22. The number of hydrogen-bond donors (Lipinski definition) is 1. The van der Waals surface area contributed by atoms with Crippen LogP contribution in [0.25, 0.3) is 0 Å². The largest absolute Gasteiger partial charge is 0.375 e. The van der Waals surface area contributed by atoms with Gasteiger partial charge in [-0.25, -0.2) is 4.98 Å². The molecule has 1 aliphatic rings. The van der Waals surface area contributed by atoms with Crippen LogP contribution >= 0.6 is 11.3 Å².